The molecule has 8 aliphatic carbocycles. The quantitative estimate of drug-likeness (QED) is 0.107. The summed E-state index contributed by atoms with van der Waals surface area (Å²) in [5.74, 6) is 0.773. The number of fused-ring (bicyclic) bond motifs is 10. The Morgan fingerprint density at radius 3 is 1.19 bits per heavy atom. The van der Waals surface area contributed by atoms with E-state index < -0.39 is 36.5 Å². The number of carboxylic acid groups (broad SMARTS) is 1. The number of rotatable bonds is 17. The molecule has 422 valence electrons. The van der Waals surface area contributed by atoms with Crippen molar-refractivity contribution >= 4 is 41.8 Å². The molecule has 20 atom stereocenters. The maximum Gasteiger partial charge on any atom is 0.316 e. The van der Waals surface area contributed by atoms with E-state index in [2.05, 4.69) is 41.5 Å². The highest BCUT2D eigenvalue weighted by Crippen LogP contribution is 2.71. The Hall–Kier alpha value is -3.71. The Labute approximate surface area is 447 Å². The van der Waals surface area contributed by atoms with Crippen molar-refractivity contribution in [2.24, 2.45) is 98.1 Å². The topological polar surface area (TPSA) is 195 Å². The van der Waals surface area contributed by atoms with Crippen LogP contribution < -0.4 is 0 Å². The van der Waals surface area contributed by atoms with Crippen molar-refractivity contribution in [3.05, 3.63) is 0 Å². The fourth-order valence-electron chi connectivity index (χ4n) is 19.5. The van der Waals surface area contributed by atoms with E-state index in [0.717, 1.165) is 103 Å². The number of hydrogen-bond donors (Lipinski definition) is 1. The number of carbonyl (C=O) groups is 7. The van der Waals surface area contributed by atoms with E-state index in [-0.39, 0.29) is 106 Å². The monoisotopic (exact) mass is 1050 g/mol. The molecule has 0 saturated heterocycles. The molecule has 0 amide bonds. The van der Waals surface area contributed by atoms with Crippen molar-refractivity contribution in [2.45, 2.75) is 229 Å². The van der Waals surface area contributed by atoms with E-state index in [9.17, 15) is 38.7 Å². The molecule has 0 bridgehead atoms. The zero-order valence-corrected chi connectivity index (χ0v) is 47.5. The lowest BCUT2D eigenvalue weighted by Gasteiger charge is -2.62. The standard InChI is InChI=1S/C61H94O14/c1-34(44-14-16-46-54-48(22-26-60(44,46)10)58(8)24-20-42(72-36(3)62)28-40(58)30-50(54)74-38(5)64)12-18-52(66)70-32-57(7,56(68)69)33-71-53(67)19-13-35(2)45-15-17-47-55-49(23-27-61(45,47)11)59(9)25-21-43(73-37(4)63)29-41(59)31-51(55)75-39(6)65/h34-35,40-51,54-55H,12-33H2,1-11H3,(H,68,69)/t34-,35-,40+,41+,42-,43-,44-,45-,46+,47+,48+,49+,50+,51+,54+,55+,58+,59+,60-,61-/m1/s1. The number of esters is 6. The molecular formula is C61H94O14. The molecule has 8 fully saturated rings. The van der Waals surface area contributed by atoms with Crippen LogP contribution >= 0.6 is 0 Å². The van der Waals surface area contributed by atoms with Gasteiger partial charge in [-0.3, -0.25) is 33.6 Å². The van der Waals surface area contributed by atoms with Crippen LogP contribution in [0.25, 0.3) is 0 Å². The first-order valence-electron chi connectivity index (χ1n) is 29.5. The highest BCUT2D eigenvalue weighted by molar-refractivity contribution is 5.77. The molecule has 75 heavy (non-hydrogen) atoms. The minimum absolute atomic E-state index is 0.0189. The molecule has 14 heteroatoms. The van der Waals surface area contributed by atoms with Gasteiger partial charge < -0.3 is 33.5 Å². The van der Waals surface area contributed by atoms with Crippen LogP contribution in [0, 0.1) is 98.1 Å². The first-order valence-corrected chi connectivity index (χ1v) is 29.5. The zero-order chi connectivity index (χ0) is 54.6. The predicted octanol–water partition coefficient (Wildman–Crippen LogP) is 11.3. The van der Waals surface area contributed by atoms with Gasteiger partial charge in [0.15, 0.2) is 0 Å². The lowest BCUT2D eigenvalue weighted by molar-refractivity contribution is -0.197. The van der Waals surface area contributed by atoms with Crippen LogP contribution in [0.1, 0.15) is 205 Å². The van der Waals surface area contributed by atoms with Crippen LogP contribution in [0.3, 0.4) is 0 Å². The van der Waals surface area contributed by atoms with E-state index in [1.165, 1.54) is 34.6 Å². The second-order valence-electron chi connectivity index (χ2n) is 27.4. The second kappa shape index (κ2) is 22.2. The van der Waals surface area contributed by atoms with Crippen molar-refractivity contribution in [1.82, 2.24) is 0 Å². The molecular weight excluding hydrogens is 957 g/mol. The molecule has 0 unspecified atom stereocenters. The summed E-state index contributed by atoms with van der Waals surface area (Å²) in [6, 6.07) is 0. The first kappa shape index (κ1) is 57.5. The highest BCUT2D eigenvalue weighted by Gasteiger charge is 2.66. The average molecular weight is 1050 g/mol. The third kappa shape index (κ3) is 11.3. The van der Waals surface area contributed by atoms with E-state index in [0.29, 0.717) is 60.2 Å². The summed E-state index contributed by atoms with van der Waals surface area (Å²) >= 11 is 0. The molecule has 0 spiro atoms. The number of carboxylic acids is 1. The Morgan fingerprint density at radius 1 is 0.493 bits per heavy atom. The minimum Gasteiger partial charge on any atom is -0.481 e. The lowest BCUT2D eigenvalue weighted by atomic mass is 9.43. The third-order valence-electron chi connectivity index (χ3n) is 23.3. The molecule has 0 heterocycles. The van der Waals surface area contributed by atoms with Gasteiger partial charge in [0.2, 0.25) is 0 Å². The summed E-state index contributed by atoms with van der Waals surface area (Å²) in [6.45, 7) is 20.8. The molecule has 0 aliphatic heterocycles. The Morgan fingerprint density at radius 2 is 0.840 bits per heavy atom. The van der Waals surface area contributed by atoms with Gasteiger partial charge in [-0.15, -0.1) is 0 Å². The molecule has 8 saturated carbocycles. The Balaban J connectivity index is 0.807. The van der Waals surface area contributed by atoms with Gasteiger partial charge in [0.1, 0.15) is 43.0 Å². The Kier molecular flexibility index (Phi) is 17.0. The fraction of sp³-hybridized carbons (Fsp3) is 0.885. The van der Waals surface area contributed by atoms with Crippen molar-refractivity contribution in [1.29, 1.82) is 0 Å². The number of aliphatic carboxylic acids is 1. The first-order chi connectivity index (χ1) is 35.2. The minimum atomic E-state index is -1.61. The van der Waals surface area contributed by atoms with Crippen LogP contribution in [-0.4, -0.2) is 84.5 Å². The molecule has 0 aromatic carbocycles. The van der Waals surface area contributed by atoms with Crippen LogP contribution in [0.2, 0.25) is 0 Å². The number of ether oxygens (including phenoxy) is 6. The van der Waals surface area contributed by atoms with Gasteiger partial charge in [0.25, 0.3) is 0 Å². The third-order valence-corrected chi connectivity index (χ3v) is 23.3. The van der Waals surface area contributed by atoms with E-state index >= 15 is 0 Å². The van der Waals surface area contributed by atoms with Gasteiger partial charge >= 0.3 is 41.8 Å². The molecule has 8 rings (SSSR count). The van der Waals surface area contributed by atoms with Crippen molar-refractivity contribution in [2.75, 3.05) is 13.2 Å². The summed E-state index contributed by atoms with van der Waals surface area (Å²) in [5.41, 5.74) is -1.40. The molecule has 1 N–H and O–H groups in total. The van der Waals surface area contributed by atoms with Gasteiger partial charge in [0.05, 0.1) is 0 Å². The molecule has 0 aromatic rings. The molecule has 8 aliphatic rings. The van der Waals surface area contributed by atoms with Crippen LogP contribution in [-0.2, 0) is 62.0 Å². The largest absolute Gasteiger partial charge is 0.481 e. The number of carbonyl (C=O) groups excluding carboxylic acids is 6. The van der Waals surface area contributed by atoms with Crippen molar-refractivity contribution < 1.29 is 67.1 Å². The van der Waals surface area contributed by atoms with E-state index in [1.807, 2.05) is 0 Å². The summed E-state index contributed by atoms with van der Waals surface area (Å²) in [4.78, 5) is 88.3. The smallest absolute Gasteiger partial charge is 0.316 e. The summed E-state index contributed by atoms with van der Waals surface area (Å²) in [5, 5.41) is 10.3. The summed E-state index contributed by atoms with van der Waals surface area (Å²) in [6.07, 6.45) is 16.3. The zero-order valence-electron chi connectivity index (χ0n) is 47.5. The lowest BCUT2D eigenvalue weighted by Crippen LogP contribution is -2.59. The summed E-state index contributed by atoms with van der Waals surface area (Å²) < 4.78 is 35.2. The maximum atomic E-state index is 13.4. The van der Waals surface area contributed by atoms with Crippen molar-refractivity contribution in [3.63, 3.8) is 0 Å². The Bertz CT molecular complexity index is 2020. The highest BCUT2D eigenvalue weighted by atomic mass is 16.6. The second-order valence-corrected chi connectivity index (χ2v) is 27.4. The molecule has 0 radical (unpaired) electrons. The maximum absolute atomic E-state index is 13.4. The molecule has 14 nitrogen and oxygen atoms in total. The van der Waals surface area contributed by atoms with Gasteiger partial charge in [-0.05, 0) is 203 Å². The SMILES string of the molecule is CC(=O)O[C@@H]1CC[C@@]2(C)[C@@H](C1)C[C@H](OC(C)=O)[C@@H]1[C@@H]2CC[C@]2(C)[C@@H]([C@H](C)CCC(=O)OCC(C)(COC(=O)CC[C@@H](C)[C@H]3CC[C@H]4[C@@H]5[C@@H](OC(C)=O)C[C@@H]6C[C@H](OC(C)=O)CC[C@]6(C)[C@H]5CC[C@]34C)C(=O)O)CC[C@@H]12. The van der Waals surface area contributed by atoms with Gasteiger partial charge in [-0.2, -0.15) is 0 Å². The predicted molar refractivity (Wildman–Crippen MR) is 278 cm³/mol. The van der Waals surface area contributed by atoms with Crippen LogP contribution in [0.15, 0.2) is 0 Å². The summed E-state index contributed by atoms with van der Waals surface area (Å²) in [7, 11) is 0. The van der Waals surface area contributed by atoms with Crippen LogP contribution in [0.5, 0.6) is 0 Å². The van der Waals surface area contributed by atoms with Crippen molar-refractivity contribution in [3.8, 4) is 0 Å². The van der Waals surface area contributed by atoms with Gasteiger partial charge in [-0.1, -0.05) is 41.5 Å². The van der Waals surface area contributed by atoms with Crippen LogP contribution in [0.4, 0.5) is 0 Å². The van der Waals surface area contributed by atoms with E-state index in [4.69, 9.17) is 28.4 Å². The molecule has 0 aromatic heterocycles. The average Bonchev–Trinajstić information content (AvgIpc) is 3.90. The van der Waals surface area contributed by atoms with Gasteiger partial charge in [-0.25, -0.2) is 0 Å². The normalized spacial score (nSPS) is 42.2. The van der Waals surface area contributed by atoms with E-state index in [1.54, 1.807) is 0 Å². The van der Waals surface area contributed by atoms with Gasteiger partial charge in [0, 0.05) is 52.4 Å². The number of hydrogen-bond acceptors (Lipinski definition) is 13. The fourth-order valence-corrected chi connectivity index (χ4v) is 19.5.